The van der Waals surface area contributed by atoms with Gasteiger partial charge in [-0.05, 0) is 49.2 Å². The van der Waals surface area contributed by atoms with Gasteiger partial charge >= 0.3 is 0 Å². The Morgan fingerprint density at radius 2 is 2.00 bits per heavy atom. The number of rotatable bonds is 6. The van der Waals surface area contributed by atoms with Crippen LogP contribution in [0.15, 0.2) is 41.3 Å². The van der Waals surface area contributed by atoms with Gasteiger partial charge in [-0.25, -0.2) is 13.1 Å². The second-order valence-corrected chi connectivity index (χ2v) is 8.76. The summed E-state index contributed by atoms with van der Waals surface area (Å²) < 4.78 is 43.9. The fraction of sp³-hybridized carbons (Fsp3) is 0.350. The highest BCUT2D eigenvalue weighted by molar-refractivity contribution is 7.89. The van der Waals surface area contributed by atoms with E-state index < -0.39 is 10.0 Å². The number of benzene rings is 2. The number of sulfonamides is 1. The van der Waals surface area contributed by atoms with E-state index in [1.807, 2.05) is 6.92 Å². The molecule has 0 bridgehead atoms. The molecule has 0 radical (unpaired) electrons. The van der Waals surface area contributed by atoms with Gasteiger partial charge in [-0.15, -0.1) is 0 Å². The maximum atomic E-state index is 12.6. The number of nitrogens with one attached hydrogen (secondary N) is 1. The molecule has 0 saturated carbocycles. The van der Waals surface area contributed by atoms with Crippen LogP contribution in [0, 0.1) is 0 Å². The van der Waals surface area contributed by atoms with Crippen molar-refractivity contribution in [3.8, 4) is 17.2 Å². The molecule has 0 fully saturated rings. The summed E-state index contributed by atoms with van der Waals surface area (Å²) in [6.07, 6.45) is 0.630. The van der Waals surface area contributed by atoms with Gasteiger partial charge in [0.2, 0.25) is 22.7 Å². The van der Waals surface area contributed by atoms with Gasteiger partial charge in [0.1, 0.15) is 12.4 Å². The van der Waals surface area contributed by atoms with Crippen LogP contribution >= 0.6 is 0 Å². The lowest BCUT2D eigenvalue weighted by Crippen LogP contribution is -2.33. The average Bonchev–Trinajstić information content (AvgIpc) is 3.27. The summed E-state index contributed by atoms with van der Waals surface area (Å²) in [5.41, 5.74) is 1.63. The van der Waals surface area contributed by atoms with Crippen molar-refractivity contribution in [1.29, 1.82) is 0 Å². The molecule has 0 unspecified atom stereocenters. The number of anilines is 1. The van der Waals surface area contributed by atoms with Gasteiger partial charge in [0, 0.05) is 31.3 Å². The molecule has 2 aromatic carbocycles. The minimum Gasteiger partial charge on any atom is -0.492 e. The molecule has 1 amide bonds. The number of carbonyl (C=O) groups is 1. The van der Waals surface area contributed by atoms with Crippen molar-refractivity contribution in [3.05, 3.63) is 42.0 Å². The molecule has 2 aromatic rings. The van der Waals surface area contributed by atoms with Crippen LogP contribution in [0.2, 0.25) is 0 Å². The zero-order valence-electron chi connectivity index (χ0n) is 16.2. The molecular weight excluding hydrogens is 396 g/mol. The fourth-order valence-electron chi connectivity index (χ4n) is 3.65. The van der Waals surface area contributed by atoms with Crippen LogP contribution in [-0.4, -0.2) is 40.3 Å². The molecule has 0 saturated heterocycles. The molecule has 2 aliphatic rings. The van der Waals surface area contributed by atoms with Crippen molar-refractivity contribution in [2.75, 3.05) is 24.8 Å². The van der Waals surface area contributed by atoms with Crippen LogP contribution in [0.5, 0.6) is 17.2 Å². The number of ether oxygens (including phenoxy) is 3. The van der Waals surface area contributed by atoms with E-state index in [0.717, 1.165) is 11.3 Å². The average molecular weight is 418 g/mol. The molecule has 2 heterocycles. The third-order valence-corrected chi connectivity index (χ3v) is 6.38. The van der Waals surface area contributed by atoms with E-state index in [-0.39, 0.29) is 36.8 Å². The zero-order valence-corrected chi connectivity index (χ0v) is 17.0. The number of amides is 1. The second-order valence-electron chi connectivity index (χ2n) is 6.99. The van der Waals surface area contributed by atoms with Crippen LogP contribution in [0.4, 0.5) is 5.69 Å². The fourth-order valence-corrected chi connectivity index (χ4v) is 4.71. The summed E-state index contributed by atoms with van der Waals surface area (Å²) in [5.74, 6) is 1.79. The number of carbonyl (C=O) groups excluding carboxylic acids is 1. The van der Waals surface area contributed by atoms with Crippen LogP contribution in [0.25, 0.3) is 0 Å². The maximum absolute atomic E-state index is 12.6. The largest absolute Gasteiger partial charge is 0.492 e. The first-order valence-corrected chi connectivity index (χ1v) is 10.8. The Labute approximate surface area is 169 Å². The number of hydrogen-bond donors (Lipinski definition) is 1. The highest BCUT2D eigenvalue weighted by Gasteiger charge is 2.30. The van der Waals surface area contributed by atoms with Crippen molar-refractivity contribution < 1.29 is 27.4 Å². The molecule has 0 aromatic heterocycles. The highest BCUT2D eigenvalue weighted by atomic mass is 32.2. The Balaban J connectivity index is 1.37. The van der Waals surface area contributed by atoms with Gasteiger partial charge in [-0.2, -0.15) is 0 Å². The Bertz CT molecular complexity index is 1050. The lowest BCUT2D eigenvalue weighted by Gasteiger charge is -2.20. The lowest BCUT2D eigenvalue weighted by molar-refractivity contribution is -0.116. The first-order chi connectivity index (χ1) is 13.8. The van der Waals surface area contributed by atoms with Gasteiger partial charge in [0.05, 0.1) is 4.90 Å². The van der Waals surface area contributed by atoms with Crippen LogP contribution in [-0.2, 0) is 21.2 Å². The van der Waals surface area contributed by atoms with E-state index in [1.165, 1.54) is 13.0 Å². The molecule has 8 nitrogen and oxygen atoms in total. The number of nitrogens with zero attached hydrogens (tertiary/aromatic N) is 1. The van der Waals surface area contributed by atoms with Crippen LogP contribution in [0.1, 0.15) is 19.4 Å². The third-order valence-electron chi connectivity index (χ3n) is 4.92. The van der Waals surface area contributed by atoms with Gasteiger partial charge < -0.3 is 19.1 Å². The van der Waals surface area contributed by atoms with Crippen LogP contribution < -0.4 is 23.8 Å². The van der Waals surface area contributed by atoms with Crippen molar-refractivity contribution in [2.45, 2.75) is 31.2 Å². The smallest absolute Gasteiger partial charge is 0.240 e. The predicted molar refractivity (Wildman–Crippen MR) is 106 cm³/mol. The van der Waals surface area contributed by atoms with Gasteiger partial charge in [-0.3, -0.25) is 4.79 Å². The van der Waals surface area contributed by atoms with Crippen LogP contribution in [0.3, 0.4) is 0 Å². The third kappa shape index (κ3) is 3.88. The van der Waals surface area contributed by atoms with Crippen molar-refractivity contribution in [2.24, 2.45) is 0 Å². The maximum Gasteiger partial charge on any atom is 0.240 e. The van der Waals surface area contributed by atoms with Crippen molar-refractivity contribution in [1.82, 2.24) is 4.72 Å². The zero-order chi connectivity index (χ0) is 20.6. The highest BCUT2D eigenvalue weighted by Crippen LogP contribution is 2.35. The molecule has 1 N–H and O–H groups in total. The predicted octanol–water partition coefficient (Wildman–Crippen LogP) is 2.07. The molecule has 4 rings (SSSR count). The number of hydrogen-bond acceptors (Lipinski definition) is 6. The Kier molecular flexibility index (Phi) is 5.10. The Morgan fingerprint density at radius 3 is 2.79 bits per heavy atom. The van der Waals surface area contributed by atoms with E-state index in [9.17, 15) is 13.2 Å². The number of fused-ring (bicyclic) bond motifs is 2. The molecular formula is C20H22N2O6S. The molecule has 29 heavy (non-hydrogen) atoms. The minimum absolute atomic E-state index is 0.0171. The van der Waals surface area contributed by atoms with E-state index in [1.54, 1.807) is 35.2 Å². The summed E-state index contributed by atoms with van der Waals surface area (Å²) in [4.78, 5) is 13.7. The normalized spacial score (nSPS) is 17.3. The van der Waals surface area contributed by atoms with E-state index in [0.29, 0.717) is 23.7 Å². The molecule has 1 atom stereocenters. The molecule has 154 valence electrons. The quantitative estimate of drug-likeness (QED) is 0.722. The topological polar surface area (TPSA) is 94.2 Å². The Morgan fingerprint density at radius 1 is 1.21 bits per heavy atom. The minimum atomic E-state index is -3.68. The van der Waals surface area contributed by atoms with Gasteiger partial charge in [-0.1, -0.05) is 0 Å². The molecule has 2 aliphatic heterocycles. The summed E-state index contributed by atoms with van der Waals surface area (Å²) in [5, 5.41) is 0. The first kappa shape index (κ1) is 19.5. The van der Waals surface area contributed by atoms with E-state index in [2.05, 4.69) is 4.72 Å². The van der Waals surface area contributed by atoms with Gasteiger partial charge in [0.25, 0.3) is 0 Å². The van der Waals surface area contributed by atoms with Gasteiger partial charge in [0.15, 0.2) is 11.5 Å². The molecule has 9 heteroatoms. The molecule has 0 spiro atoms. The monoisotopic (exact) mass is 418 g/mol. The van der Waals surface area contributed by atoms with E-state index in [4.69, 9.17) is 14.2 Å². The lowest BCUT2D eigenvalue weighted by atomic mass is 10.1. The van der Waals surface area contributed by atoms with E-state index >= 15 is 0 Å². The SMILES string of the molecule is CC(=O)N1c2ccc(S(=O)(=O)NCCOc3ccc4c(c3)OCO4)cc2C[C@H]1C. The van der Waals surface area contributed by atoms with Crippen molar-refractivity contribution in [3.63, 3.8) is 0 Å². The summed E-state index contributed by atoms with van der Waals surface area (Å²) in [6.45, 7) is 3.92. The second kappa shape index (κ2) is 7.57. The summed E-state index contributed by atoms with van der Waals surface area (Å²) in [6, 6.07) is 10.1. The Hall–Kier alpha value is -2.78. The van der Waals surface area contributed by atoms with Crippen molar-refractivity contribution >= 4 is 21.6 Å². The molecule has 0 aliphatic carbocycles. The summed E-state index contributed by atoms with van der Waals surface area (Å²) >= 11 is 0. The first-order valence-electron chi connectivity index (χ1n) is 9.30. The summed E-state index contributed by atoms with van der Waals surface area (Å²) in [7, 11) is -3.68. The standard InChI is InChI=1S/C20H22N2O6S/c1-13-9-15-10-17(4-5-18(15)22(13)14(2)23)29(24,25)21-7-8-26-16-3-6-19-20(11-16)28-12-27-19/h3-6,10-11,13,21H,7-9,12H2,1-2H3/t13-/m1/s1.